The molecule has 3 heteroatoms. The van der Waals surface area contributed by atoms with Crippen molar-refractivity contribution in [2.75, 3.05) is 0 Å². The summed E-state index contributed by atoms with van der Waals surface area (Å²) in [7, 11) is 0. The second-order valence-corrected chi connectivity index (χ2v) is 5.92. The molecule has 1 aromatic carbocycles. The van der Waals surface area contributed by atoms with Crippen molar-refractivity contribution in [2.45, 2.75) is 32.6 Å². The highest BCUT2D eigenvalue weighted by Crippen LogP contribution is 2.35. The van der Waals surface area contributed by atoms with E-state index in [0.29, 0.717) is 6.42 Å². The minimum absolute atomic E-state index is 0.183. The predicted molar refractivity (Wildman–Crippen MR) is 80.6 cm³/mol. The van der Waals surface area contributed by atoms with Crippen molar-refractivity contribution in [3.63, 3.8) is 0 Å². The number of nitrogens with zero attached hydrogens (tertiary/aromatic N) is 1. The summed E-state index contributed by atoms with van der Waals surface area (Å²) in [5.41, 5.74) is 5.12. The molecule has 0 bridgehead atoms. The highest BCUT2D eigenvalue weighted by Gasteiger charge is 2.29. The van der Waals surface area contributed by atoms with Crippen LogP contribution in [0.4, 0.5) is 0 Å². The Morgan fingerprint density at radius 3 is 2.75 bits per heavy atom. The molecule has 0 radical (unpaired) electrons. The zero-order chi connectivity index (χ0) is 14.3. The summed E-state index contributed by atoms with van der Waals surface area (Å²) in [6.45, 7) is 4.04. The Kier molecular flexibility index (Phi) is 3.35. The minimum atomic E-state index is 0.183. The molecule has 20 heavy (non-hydrogen) atoms. The van der Waals surface area contributed by atoms with E-state index in [1.165, 1.54) is 11.1 Å². The lowest BCUT2D eigenvalue weighted by molar-refractivity contribution is 0.0962. The molecule has 1 atom stereocenters. The SMILES string of the molecule is Cc1ccc(Cl)cc1[C@H]1CC(=O)c2c(C)ccnc2C1. The zero-order valence-corrected chi connectivity index (χ0v) is 12.4. The van der Waals surface area contributed by atoms with Crippen LogP contribution in [0.3, 0.4) is 0 Å². The van der Waals surface area contributed by atoms with E-state index in [0.717, 1.165) is 28.3 Å². The molecule has 0 saturated heterocycles. The van der Waals surface area contributed by atoms with Gasteiger partial charge < -0.3 is 0 Å². The predicted octanol–water partition coefficient (Wildman–Crippen LogP) is 4.26. The van der Waals surface area contributed by atoms with Crippen LogP contribution in [0.5, 0.6) is 0 Å². The van der Waals surface area contributed by atoms with Crippen molar-refractivity contribution in [1.82, 2.24) is 4.98 Å². The standard InChI is InChI=1S/C17H16ClNO/c1-10-3-4-13(18)9-14(10)12-7-15-17(16(20)8-12)11(2)5-6-19-15/h3-6,9,12H,7-8H2,1-2H3/t12-/m1/s1. The molecule has 0 saturated carbocycles. The van der Waals surface area contributed by atoms with Gasteiger partial charge in [-0.3, -0.25) is 9.78 Å². The lowest BCUT2D eigenvalue weighted by atomic mass is 9.79. The average molecular weight is 286 g/mol. The zero-order valence-electron chi connectivity index (χ0n) is 11.6. The van der Waals surface area contributed by atoms with E-state index < -0.39 is 0 Å². The first-order valence-electron chi connectivity index (χ1n) is 6.80. The first-order valence-corrected chi connectivity index (χ1v) is 7.18. The fraction of sp³-hybridized carbons (Fsp3) is 0.294. The van der Waals surface area contributed by atoms with Crippen molar-refractivity contribution in [1.29, 1.82) is 0 Å². The molecule has 3 rings (SSSR count). The summed E-state index contributed by atoms with van der Waals surface area (Å²) in [6.07, 6.45) is 3.14. The third-order valence-electron chi connectivity index (χ3n) is 4.07. The molecule has 0 spiro atoms. The van der Waals surface area contributed by atoms with Crippen LogP contribution >= 0.6 is 11.6 Å². The lowest BCUT2D eigenvalue weighted by Crippen LogP contribution is -2.21. The normalized spacial score (nSPS) is 17.9. The molecule has 1 aliphatic carbocycles. The summed E-state index contributed by atoms with van der Waals surface area (Å²) < 4.78 is 0. The summed E-state index contributed by atoms with van der Waals surface area (Å²) >= 11 is 6.10. The van der Waals surface area contributed by atoms with Gasteiger partial charge >= 0.3 is 0 Å². The van der Waals surface area contributed by atoms with E-state index in [9.17, 15) is 4.79 Å². The van der Waals surface area contributed by atoms with E-state index in [4.69, 9.17) is 11.6 Å². The van der Waals surface area contributed by atoms with Gasteiger partial charge in [0.25, 0.3) is 0 Å². The highest BCUT2D eigenvalue weighted by molar-refractivity contribution is 6.30. The van der Waals surface area contributed by atoms with E-state index >= 15 is 0 Å². The van der Waals surface area contributed by atoms with Gasteiger partial charge in [-0.2, -0.15) is 0 Å². The third kappa shape index (κ3) is 2.25. The Hall–Kier alpha value is -1.67. The Labute approximate surface area is 123 Å². The first-order chi connectivity index (χ1) is 9.56. The van der Waals surface area contributed by atoms with Gasteiger partial charge in [-0.25, -0.2) is 0 Å². The van der Waals surface area contributed by atoms with Crippen LogP contribution in [0.15, 0.2) is 30.5 Å². The maximum absolute atomic E-state index is 12.4. The number of Topliss-reactive ketones (excluding diaryl/α,β-unsaturated/α-hetero) is 1. The molecular formula is C17H16ClNO. The Bertz CT molecular complexity index is 693. The Morgan fingerprint density at radius 1 is 1.15 bits per heavy atom. The fourth-order valence-electron chi connectivity index (χ4n) is 3.05. The minimum Gasteiger partial charge on any atom is -0.294 e. The van der Waals surface area contributed by atoms with E-state index in [1.54, 1.807) is 6.20 Å². The Morgan fingerprint density at radius 2 is 1.95 bits per heavy atom. The van der Waals surface area contributed by atoms with Gasteiger partial charge in [0, 0.05) is 23.2 Å². The second-order valence-electron chi connectivity index (χ2n) is 5.48. The summed E-state index contributed by atoms with van der Waals surface area (Å²) in [4.78, 5) is 16.8. The number of ketones is 1. The van der Waals surface area contributed by atoms with Crippen LogP contribution in [0, 0.1) is 13.8 Å². The quantitative estimate of drug-likeness (QED) is 0.783. The number of halogens is 1. The van der Waals surface area contributed by atoms with E-state index in [1.807, 2.05) is 31.2 Å². The molecule has 1 heterocycles. The van der Waals surface area contributed by atoms with Crippen molar-refractivity contribution in [2.24, 2.45) is 0 Å². The number of rotatable bonds is 1. The van der Waals surface area contributed by atoms with Crippen LogP contribution in [0.25, 0.3) is 0 Å². The molecule has 0 fully saturated rings. The lowest BCUT2D eigenvalue weighted by Gasteiger charge is -2.25. The number of carbonyl (C=O) groups is 1. The van der Waals surface area contributed by atoms with Crippen molar-refractivity contribution in [3.8, 4) is 0 Å². The number of benzene rings is 1. The van der Waals surface area contributed by atoms with Gasteiger partial charge in [-0.1, -0.05) is 17.7 Å². The number of fused-ring (bicyclic) bond motifs is 1. The van der Waals surface area contributed by atoms with Gasteiger partial charge in [0.2, 0.25) is 0 Å². The molecule has 2 nitrogen and oxygen atoms in total. The molecule has 1 aromatic heterocycles. The van der Waals surface area contributed by atoms with Gasteiger partial charge in [-0.05, 0) is 61.1 Å². The van der Waals surface area contributed by atoms with Gasteiger partial charge in [0.05, 0.1) is 5.69 Å². The van der Waals surface area contributed by atoms with Crippen LogP contribution in [-0.2, 0) is 6.42 Å². The number of hydrogen-bond acceptors (Lipinski definition) is 2. The topological polar surface area (TPSA) is 30.0 Å². The molecule has 0 amide bonds. The average Bonchev–Trinajstić information content (AvgIpc) is 2.41. The van der Waals surface area contributed by atoms with Crippen molar-refractivity contribution in [3.05, 3.63) is 63.4 Å². The monoisotopic (exact) mass is 285 g/mol. The number of aryl methyl sites for hydroxylation is 2. The Balaban J connectivity index is 2.04. The summed E-state index contributed by atoms with van der Waals surface area (Å²) in [6, 6.07) is 7.79. The van der Waals surface area contributed by atoms with E-state index in [2.05, 4.69) is 11.9 Å². The summed E-state index contributed by atoms with van der Waals surface area (Å²) in [5, 5.41) is 0.723. The van der Waals surface area contributed by atoms with Gasteiger partial charge in [0.15, 0.2) is 5.78 Å². The number of pyridine rings is 1. The van der Waals surface area contributed by atoms with Crippen LogP contribution in [-0.4, -0.2) is 10.8 Å². The smallest absolute Gasteiger partial charge is 0.165 e. The fourth-order valence-corrected chi connectivity index (χ4v) is 3.23. The van der Waals surface area contributed by atoms with Gasteiger partial charge in [-0.15, -0.1) is 0 Å². The summed E-state index contributed by atoms with van der Waals surface area (Å²) in [5.74, 6) is 0.379. The third-order valence-corrected chi connectivity index (χ3v) is 4.30. The van der Waals surface area contributed by atoms with Crippen LogP contribution in [0.2, 0.25) is 5.02 Å². The molecule has 0 unspecified atom stereocenters. The highest BCUT2D eigenvalue weighted by atomic mass is 35.5. The van der Waals surface area contributed by atoms with Crippen LogP contribution < -0.4 is 0 Å². The first kappa shape index (κ1) is 13.3. The van der Waals surface area contributed by atoms with Crippen molar-refractivity contribution >= 4 is 17.4 Å². The largest absolute Gasteiger partial charge is 0.294 e. The number of aromatic nitrogens is 1. The molecule has 0 aliphatic heterocycles. The number of hydrogen-bond donors (Lipinski definition) is 0. The molecule has 0 N–H and O–H groups in total. The van der Waals surface area contributed by atoms with Gasteiger partial charge in [0.1, 0.15) is 0 Å². The molecule has 102 valence electrons. The van der Waals surface area contributed by atoms with E-state index in [-0.39, 0.29) is 11.7 Å². The number of carbonyl (C=O) groups excluding carboxylic acids is 1. The van der Waals surface area contributed by atoms with Crippen LogP contribution in [0.1, 0.15) is 45.1 Å². The second kappa shape index (κ2) is 5.02. The molecule has 1 aliphatic rings. The maximum Gasteiger partial charge on any atom is 0.165 e. The molecular weight excluding hydrogens is 270 g/mol. The van der Waals surface area contributed by atoms with Crippen molar-refractivity contribution < 1.29 is 4.79 Å². The molecule has 2 aromatic rings. The maximum atomic E-state index is 12.4.